The SMILES string of the molecule is COC(C)(C)CCNCC(C(C)C)N(C)C. The zero-order chi connectivity index (χ0) is 12.8. The highest BCUT2D eigenvalue weighted by Gasteiger charge is 2.17. The van der Waals surface area contributed by atoms with Crippen molar-refractivity contribution in [3.8, 4) is 0 Å². The van der Waals surface area contributed by atoms with E-state index in [9.17, 15) is 0 Å². The molecule has 0 aromatic rings. The molecule has 0 fully saturated rings. The van der Waals surface area contributed by atoms with Crippen molar-refractivity contribution >= 4 is 0 Å². The molecule has 16 heavy (non-hydrogen) atoms. The third-order valence-corrected chi connectivity index (χ3v) is 3.24. The highest BCUT2D eigenvalue weighted by Crippen LogP contribution is 2.11. The van der Waals surface area contributed by atoms with Gasteiger partial charge in [-0.05, 0) is 46.8 Å². The van der Waals surface area contributed by atoms with Crippen molar-refractivity contribution in [1.29, 1.82) is 0 Å². The minimum Gasteiger partial charge on any atom is -0.379 e. The standard InChI is InChI=1S/C13H30N2O/c1-11(2)12(15(5)6)10-14-9-8-13(3,4)16-7/h11-12,14H,8-10H2,1-7H3. The van der Waals surface area contributed by atoms with Crippen LogP contribution < -0.4 is 5.32 Å². The van der Waals surface area contributed by atoms with Crippen LogP contribution in [-0.2, 0) is 4.74 Å². The van der Waals surface area contributed by atoms with Gasteiger partial charge < -0.3 is 15.0 Å². The summed E-state index contributed by atoms with van der Waals surface area (Å²) in [4.78, 5) is 2.29. The highest BCUT2D eigenvalue weighted by atomic mass is 16.5. The van der Waals surface area contributed by atoms with E-state index < -0.39 is 0 Å². The van der Waals surface area contributed by atoms with Crippen LogP contribution in [0.25, 0.3) is 0 Å². The number of nitrogens with zero attached hydrogens (tertiary/aromatic N) is 1. The molecule has 0 aliphatic rings. The van der Waals surface area contributed by atoms with Crippen molar-refractivity contribution in [3.05, 3.63) is 0 Å². The van der Waals surface area contributed by atoms with Gasteiger partial charge in [-0.15, -0.1) is 0 Å². The molecule has 1 atom stereocenters. The van der Waals surface area contributed by atoms with E-state index >= 15 is 0 Å². The van der Waals surface area contributed by atoms with Crippen molar-refractivity contribution in [2.24, 2.45) is 5.92 Å². The quantitative estimate of drug-likeness (QED) is 0.645. The molecule has 0 aliphatic heterocycles. The van der Waals surface area contributed by atoms with Crippen molar-refractivity contribution in [2.45, 2.75) is 45.8 Å². The monoisotopic (exact) mass is 230 g/mol. The first kappa shape index (κ1) is 15.9. The molecule has 0 saturated carbocycles. The van der Waals surface area contributed by atoms with Crippen LogP contribution in [0.2, 0.25) is 0 Å². The van der Waals surface area contributed by atoms with Crippen molar-refractivity contribution in [1.82, 2.24) is 10.2 Å². The lowest BCUT2D eigenvalue weighted by Gasteiger charge is -2.29. The van der Waals surface area contributed by atoms with Gasteiger partial charge in [-0.25, -0.2) is 0 Å². The molecule has 1 N–H and O–H groups in total. The van der Waals surface area contributed by atoms with Gasteiger partial charge in [-0.3, -0.25) is 0 Å². The Morgan fingerprint density at radius 2 is 1.81 bits per heavy atom. The molecule has 0 bridgehead atoms. The second-order valence-electron chi connectivity index (χ2n) is 5.69. The van der Waals surface area contributed by atoms with E-state index in [1.807, 2.05) is 0 Å². The van der Waals surface area contributed by atoms with Crippen LogP contribution in [0.4, 0.5) is 0 Å². The molecule has 0 amide bonds. The maximum Gasteiger partial charge on any atom is 0.0634 e. The van der Waals surface area contributed by atoms with Crippen LogP contribution >= 0.6 is 0 Å². The predicted molar refractivity (Wildman–Crippen MR) is 70.9 cm³/mol. The molecular weight excluding hydrogens is 200 g/mol. The maximum atomic E-state index is 5.39. The number of hydrogen-bond acceptors (Lipinski definition) is 3. The fourth-order valence-electron chi connectivity index (χ4n) is 1.76. The van der Waals surface area contributed by atoms with E-state index in [-0.39, 0.29) is 5.60 Å². The van der Waals surface area contributed by atoms with Gasteiger partial charge >= 0.3 is 0 Å². The molecule has 1 unspecified atom stereocenters. The summed E-state index contributed by atoms with van der Waals surface area (Å²) >= 11 is 0. The number of hydrogen-bond donors (Lipinski definition) is 1. The Hall–Kier alpha value is -0.120. The van der Waals surface area contributed by atoms with Crippen LogP contribution in [0, 0.1) is 5.92 Å². The Morgan fingerprint density at radius 1 is 1.25 bits per heavy atom. The first-order valence-corrected chi connectivity index (χ1v) is 6.22. The van der Waals surface area contributed by atoms with E-state index in [2.05, 4.69) is 52.0 Å². The minimum atomic E-state index is -0.0154. The summed E-state index contributed by atoms with van der Waals surface area (Å²) in [6.45, 7) is 10.8. The highest BCUT2D eigenvalue weighted by molar-refractivity contribution is 4.74. The number of likely N-dealkylation sites (N-methyl/N-ethyl adjacent to an activating group) is 1. The van der Waals surface area contributed by atoms with Crippen LogP contribution in [-0.4, -0.2) is 50.8 Å². The summed E-state index contributed by atoms with van der Waals surface area (Å²) in [5.74, 6) is 0.679. The third kappa shape index (κ3) is 6.46. The smallest absolute Gasteiger partial charge is 0.0634 e. The summed E-state index contributed by atoms with van der Waals surface area (Å²) in [6.07, 6.45) is 1.04. The third-order valence-electron chi connectivity index (χ3n) is 3.24. The summed E-state index contributed by atoms with van der Waals surface area (Å²) in [6, 6.07) is 0.602. The Balaban J connectivity index is 3.79. The topological polar surface area (TPSA) is 24.5 Å². The average molecular weight is 230 g/mol. The van der Waals surface area contributed by atoms with Gasteiger partial charge in [-0.2, -0.15) is 0 Å². The van der Waals surface area contributed by atoms with E-state index in [0.717, 1.165) is 19.5 Å². The van der Waals surface area contributed by atoms with Crippen molar-refractivity contribution in [3.63, 3.8) is 0 Å². The molecule has 0 spiro atoms. The van der Waals surface area contributed by atoms with E-state index in [1.54, 1.807) is 7.11 Å². The normalized spacial score (nSPS) is 14.8. The van der Waals surface area contributed by atoms with Crippen LogP contribution in [0.5, 0.6) is 0 Å². The van der Waals surface area contributed by atoms with Gasteiger partial charge in [0.15, 0.2) is 0 Å². The van der Waals surface area contributed by atoms with Crippen LogP contribution in [0.3, 0.4) is 0 Å². The Kier molecular flexibility index (Phi) is 7.20. The molecule has 0 radical (unpaired) electrons. The molecule has 98 valence electrons. The van der Waals surface area contributed by atoms with E-state index in [0.29, 0.717) is 12.0 Å². The zero-order valence-corrected chi connectivity index (χ0v) is 12.1. The molecule has 0 aromatic carbocycles. The summed E-state index contributed by atoms with van der Waals surface area (Å²) in [7, 11) is 6.06. The van der Waals surface area contributed by atoms with E-state index in [4.69, 9.17) is 4.74 Å². The molecular formula is C13H30N2O. The first-order chi connectivity index (χ1) is 7.30. The average Bonchev–Trinajstić information content (AvgIpc) is 2.16. The van der Waals surface area contributed by atoms with E-state index in [1.165, 1.54) is 0 Å². The van der Waals surface area contributed by atoms with Gasteiger partial charge in [0, 0.05) is 19.7 Å². The first-order valence-electron chi connectivity index (χ1n) is 6.22. The molecule has 0 aliphatic carbocycles. The summed E-state index contributed by atoms with van der Waals surface area (Å²) in [5.41, 5.74) is -0.0154. The molecule has 0 saturated heterocycles. The lowest BCUT2D eigenvalue weighted by atomic mass is 10.0. The van der Waals surface area contributed by atoms with Crippen molar-refractivity contribution in [2.75, 3.05) is 34.3 Å². The van der Waals surface area contributed by atoms with Crippen LogP contribution in [0.15, 0.2) is 0 Å². The Bertz CT molecular complexity index is 171. The molecule has 0 aromatic heterocycles. The zero-order valence-electron chi connectivity index (χ0n) is 12.1. The second kappa shape index (κ2) is 7.25. The Labute approximate surface area is 102 Å². The molecule has 0 rings (SSSR count). The molecule has 3 heteroatoms. The van der Waals surface area contributed by atoms with Crippen molar-refractivity contribution < 1.29 is 4.74 Å². The number of methoxy groups -OCH3 is 1. The van der Waals surface area contributed by atoms with Gasteiger partial charge in [0.2, 0.25) is 0 Å². The maximum absolute atomic E-state index is 5.39. The Morgan fingerprint density at radius 3 is 2.19 bits per heavy atom. The predicted octanol–water partition coefficient (Wildman–Crippen LogP) is 1.98. The molecule has 3 nitrogen and oxygen atoms in total. The van der Waals surface area contributed by atoms with Crippen LogP contribution in [0.1, 0.15) is 34.1 Å². The largest absolute Gasteiger partial charge is 0.379 e. The summed E-state index contributed by atoms with van der Waals surface area (Å²) in [5, 5.41) is 3.52. The summed E-state index contributed by atoms with van der Waals surface area (Å²) < 4.78 is 5.39. The van der Waals surface area contributed by atoms with Gasteiger partial charge in [0.05, 0.1) is 5.60 Å². The fourth-order valence-corrected chi connectivity index (χ4v) is 1.76. The minimum absolute atomic E-state index is 0.0154. The number of nitrogens with one attached hydrogen (secondary N) is 1. The fraction of sp³-hybridized carbons (Fsp3) is 1.00. The van der Waals surface area contributed by atoms with Gasteiger partial charge in [0.1, 0.15) is 0 Å². The number of rotatable bonds is 8. The lowest BCUT2D eigenvalue weighted by Crippen LogP contribution is -2.42. The number of ether oxygens (including phenoxy) is 1. The lowest BCUT2D eigenvalue weighted by molar-refractivity contribution is 0.0155. The second-order valence-corrected chi connectivity index (χ2v) is 5.69. The molecule has 0 heterocycles. The van der Waals surface area contributed by atoms with Gasteiger partial charge in [-0.1, -0.05) is 13.8 Å². The van der Waals surface area contributed by atoms with Gasteiger partial charge in [0.25, 0.3) is 0 Å².